The van der Waals surface area contributed by atoms with Crippen LogP contribution in [-0.2, 0) is 9.53 Å². The van der Waals surface area contributed by atoms with Gasteiger partial charge in [-0.15, -0.1) is 0 Å². The van der Waals surface area contributed by atoms with Crippen LogP contribution in [-0.4, -0.2) is 11.6 Å². The maximum atomic E-state index is 11.9. The van der Waals surface area contributed by atoms with Gasteiger partial charge in [-0.05, 0) is 44.2 Å². The van der Waals surface area contributed by atoms with Crippen molar-refractivity contribution >= 4 is 12.0 Å². The smallest absolute Gasteiger partial charge is 0.308 e. The first-order valence-electron chi connectivity index (χ1n) is 6.19. The van der Waals surface area contributed by atoms with Crippen LogP contribution in [0.4, 0.5) is 0 Å². The third kappa shape index (κ3) is 3.13. The zero-order chi connectivity index (χ0) is 13.2. The van der Waals surface area contributed by atoms with Crippen molar-refractivity contribution in [3.63, 3.8) is 0 Å². The van der Waals surface area contributed by atoms with Gasteiger partial charge in [-0.25, -0.2) is 0 Å². The molecule has 0 bridgehead atoms. The molecule has 0 saturated heterocycles. The van der Waals surface area contributed by atoms with Crippen LogP contribution in [0.1, 0.15) is 44.4 Å². The molecule has 1 aromatic carbocycles. The van der Waals surface area contributed by atoms with Gasteiger partial charge in [0, 0.05) is 0 Å². The number of rotatable bonds is 2. The summed E-state index contributed by atoms with van der Waals surface area (Å²) in [6, 6.07) is 8.08. The predicted octanol–water partition coefficient (Wildman–Crippen LogP) is 3.03. The van der Waals surface area contributed by atoms with E-state index >= 15 is 0 Å². The molecule has 0 aliphatic carbocycles. The van der Waals surface area contributed by atoms with Gasteiger partial charge in [0.15, 0.2) is 0 Å². The number of hydrogen-bond donors (Lipinski definition) is 1. The molecule has 3 heteroatoms. The largest absolute Gasteiger partial charge is 0.460 e. The molecule has 0 saturated carbocycles. The van der Waals surface area contributed by atoms with Gasteiger partial charge < -0.3 is 10.1 Å². The fraction of sp³-hybridized carbons (Fsp3) is 0.400. The standard InChI is InChI=1S/C15H19NO2/c1-15(2,3)18-14(17)10-13-12-7-5-4-6-11(12)8-9-16-13/h4-9,13,16H,10H2,1-3H3. The van der Waals surface area contributed by atoms with E-state index in [9.17, 15) is 4.79 Å². The molecule has 1 unspecified atom stereocenters. The fourth-order valence-electron chi connectivity index (χ4n) is 2.04. The van der Waals surface area contributed by atoms with E-state index in [4.69, 9.17) is 4.74 Å². The van der Waals surface area contributed by atoms with Crippen LogP contribution in [0.15, 0.2) is 30.5 Å². The maximum Gasteiger partial charge on any atom is 0.308 e. The molecule has 96 valence electrons. The summed E-state index contributed by atoms with van der Waals surface area (Å²) in [6.45, 7) is 5.65. The second-order valence-electron chi connectivity index (χ2n) is 5.47. The summed E-state index contributed by atoms with van der Waals surface area (Å²) >= 11 is 0. The highest BCUT2D eigenvalue weighted by molar-refractivity contribution is 5.72. The number of carbonyl (C=O) groups is 1. The molecule has 1 N–H and O–H groups in total. The topological polar surface area (TPSA) is 38.3 Å². The van der Waals surface area contributed by atoms with E-state index in [1.807, 2.05) is 51.2 Å². The second kappa shape index (κ2) is 4.84. The zero-order valence-corrected chi connectivity index (χ0v) is 11.1. The minimum atomic E-state index is -0.429. The van der Waals surface area contributed by atoms with Crippen molar-refractivity contribution in [3.8, 4) is 0 Å². The highest BCUT2D eigenvalue weighted by atomic mass is 16.6. The number of benzene rings is 1. The SMILES string of the molecule is CC(C)(C)OC(=O)CC1NC=Cc2ccccc21. The molecule has 1 aromatic rings. The minimum Gasteiger partial charge on any atom is -0.460 e. The quantitative estimate of drug-likeness (QED) is 0.814. The Labute approximate surface area is 108 Å². The molecule has 0 aromatic heterocycles. The summed E-state index contributed by atoms with van der Waals surface area (Å²) in [7, 11) is 0. The van der Waals surface area contributed by atoms with Crippen molar-refractivity contribution in [1.29, 1.82) is 0 Å². The van der Waals surface area contributed by atoms with E-state index in [1.54, 1.807) is 0 Å². The monoisotopic (exact) mass is 245 g/mol. The predicted molar refractivity (Wildman–Crippen MR) is 71.8 cm³/mol. The molecule has 1 heterocycles. The van der Waals surface area contributed by atoms with E-state index in [0.717, 1.165) is 11.1 Å². The normalized spacial score (nSPS) is 17.8. The van der Waals surface area contributed by atoms with E-state index in [-0.39, 0.29) is 12.0 Å². The molecule has 2 rings (SSSR count). The molecular formula is C15H19NO2. The molecule has 1 aliphatic rings. The average Bonchev–Trinajstić information content (AvgIpc) is 2.27. The zero-order valence-electron chi connectivity index (χ0n) is 11.1. The lowest BCUT2D eigenvalue weighted by Gasteiger charge is -2.25. The van der Waals surface area contributed by atoms with Crippen molar-refractivity contribution in [1.82, 2.24) is 5.32 Å². The van der Waals surface area contributed by atoms with Crippen LogP contribution >= 0.6 is 0 Å². The van der Waals surface area contributed by atoms with Gasteiger partial charge in [0.2, 0.25) is 0 Å². The average molecular weight is 245 g/mol. The van der Waals surface area contributed by atoms with Gasteiger partial charge in [0.25, 0.3) is 0 Å². The van der Waals surface area contributed by atoms with Crippen LogP contribution in [0, 0.1) is 0 Å². The third-order valence-corrected chi connectivity index (χ3v) is 2.72. The molecular weight excluding hydrogens is 226 g/mol. The van der Waals surface area contributed by atoms with E-state index < -0.39 is 5.60 Å². The van der Waals surface area contributed by atoms with Crippen molar-refractivity contribution < 1.29 is 9.53 Å². The van der Waals surface area contributed by atoms with Crippen LogP contribution < -0.4 is 5.32 Å². The lowest BCUT2D eigenvalue weighted by Crippen LogP contribution is -2.28. The van der Waals surface area contributed by atoms with Gasteiger partial charge in [-0.1, -0.05) is 24.3 Å². The van der Waals surface area contributed by atoms with Gasteiger partial charge in [-0.3, -0.25) is 4.79 Å². The summed E-state index contributed by atoms with van der Waals surface area (Å²) in [4.78, 5) is 11.9. The van der Waals surface area contributed by atoms with Crippen LogP contribution in [0.5, 0.6) is 0 Å². The molecule has 0 amide bonds. The van der Waals surface area contributed by atoms with Crippen LogP contribution in [0.2, 0.25) is 0 Å². The van der Waals surface area contributed by atoms with Gasteiger partial charge >= 0.3 is 5.97 Å². The number of carbonyl (C=O) groups excluding carboxylic acids is 1. The first-order chi connectivity index (χ1) is 8.46. The molecule has 0 spiro atoms. The Morgan fingerprint density at radius 3 is 2.78 bits per heavy atom. The van der Waals surface area contributed by atoms with Crippen molar-refractivity contribution in [2.24, 2.45) is 0 Å². The van der Waals surface area contributed by atoms with Crippen molar-refractivity contribution in [3.05, 3.63) is 41.6 Å². The molecule has 1 atom stereocenters. The Bertz CT molecular complexity index is 472. The summed E-state index contributed by atoms with van der Waals surface area (Å²) in [5.74, 6) is -0.176. The van der Waals surface area contributed by atoms with Gasteiger partial charge in [0.1, 0.15) is 5.60 Å². The Morgan fingerprint density at radius 1 is 1.33 bits per heavy atom. The van der Waals surface area contributed by atoms with Gasteiger partial charge in [0.05, 0.1) is 12.5 Å². The highest BCUT2D eigenvalue weighted by Crippen LogP contribution is 2.26. The summed E-state index contributed by atoms with van der Waals surface area (Å²) in [5, 5.41) is 3.21. The Morgan fingerprint density at radius 2 is 2.06 bits per heavy atom. The summed E-state index contributed by atoms with van der Waals surface area (Å²) in [5.41, 5.74) is 1.87. The Hall–Kier alpha value is -1.77. The molecule has 1 aliphatic heterocycles. The first kappa shape index (κ1) is 12.7. The molecule has 0 radical (unpaired) electrons. The van der Waals surface area contributed by atoms with E-state index in [0.29, 0.717) is 6.42 Å². The number of hydrogen-bond acceptors (Lipinski definition) is 3. The van der Waals surface area contributed by atoms with Crippen molar-refractivity contribution in [2.75, 3.05) is 0 Å². The second-order valence-corrected chi connectivity index (χ2v) is 5.47. The summed E-state index contributed by atoms with van der Waals surface area (Å²) in [6.07, 6.45) is 4.25. The molecule has 18 heavy (non-hydrogen) atoms. The Kier molecular flexibility index (Phi) is 3.41. The lowest BCUT2D eigenvalue weighted by atomic mass is 9.95. The molecule has 3 nitrogen and oxygen atoms in total. The van der Waals surface area contributed by atoms with Gasteiger partial charge in [-0.2, -0.15) is 0 Å². The maximum absolute atomic E-state index is 11.9. The minimum absolute atomic E-state index is 0.000972. The Balaban J connectivity index is 2.08. The number of esters is 1. The van der Waals surface area contributed by atoms with Crippen molar-refractivity contribution in [2.45, 2.75) is 38.8 Å². The number of ether oxygens (including phenoxy) is 1. The number of nitrogens with one attached hydrogen (secondary N) is 1. The number of fused-ring (bicyclic) bond motifs is 1. The first-order valence-corrected chi connectivity index (χ1v) is 6.19. The molecule has 0 fully saturated rings. The fourth-order valence-corrected chi connectivity index (χ4v) is 2.04. The third-order valence-electron chi connectivity index (χ3n) is 2.72. The van der Waals surface area contributed by atoms with Crippen LogP contribution in [0.25, 0.3) is 6.08 Å². The summed E-state index contributed by atoms with van der Waals surface area (Å²) < 4.78 is 5.35. The highest BCUT2D eigenvalue weighted by Gasteiger charge is 2.23. The van der Waals surface area contributed by atoms with E-state index in [2.05, 4.69) is 11.4 Å². The lowest BCUT2D eigenvalue weighted by molar-refractivity contribution is -0.155. The van der Waals surface area contributed by atoms with E-state index in [1.165, 1.54) is 0 Å². The van der Waals surface area contributed by atoms with Crippen LogP contribution in [0.3, 0.4) is 0 Å².